The van der Waals surface area contributed by atoms with Gasteiger partial charge in [-0.2, -0.15) is 0 Å². The van der Waals surface area contributed by atoms with E-state index >= 15 is 0 Å². The quantitative estimate of drug-likeness (QED) is 0.342. The van der Waals surface area contributed by atoms with Gasteiger partial charge in [-0.1, -0.05) is 0 Å². The molecule has 0 atom stereocenters. The standard InChI is InChI=1S/C14H18N4O5.2ClH/c1-15-11(13(19)20)3-5-17(15)7-9-23-10-8-18-6-4-12(14(21)22)16(18)2;;/h3-6H,7-10H2,1-2H3;2*1H. The van der Waals surface area contributed by atoms with E-state index in [1.165, 1.54) is 12.1 Å². The van der Waals surface area contributed by atoms with Crippen LogP contribution in [0.15, 0.2) is 24.5 Å². The number of hydrogen-bond acceptors (Lipinski definition) is 3. The highest BCUT2D eigenvalue weighted by Crippen LogP contribution is 1.95. The Hall–Kier alpha value is -2.10. The molecule has 0 amide bonds. The predicted octanol–water partition coefficient (Wildman–Crippen LogP) is -6.94. The molecule has 0 bridgehead atoms. The van der Waals surface area contributed by atoms with Crippen LogP contribution < -0.4 is 34.2 Å². The number of carboxylic acids is 2. The number of carboxylic acid groups (broad SMARTS) is 2. The molecule has 0 unspecified atom stereocenters. The Labute approximate surface area is 156 Å². The highest BCUT2D eigenvalue weighted by atomic mass is 35.5. The van der Waals surface area contributed by atoms with E-state index in [0.717, 1.165) is 0 Å². The van der Waals surface area contributed by atoms with E-state index in [2.05, 4.69) is 0 Å². The van der Waals surface area contributed by atoms with Gasteiger partial charge in [-0.05, 0) is 0 Å². The van der Waals surface area contributed by atoms with Gasteiger partial charge >= 0.3 is 11.9 Å². The lowest BCUT2D eigenvalue weighted by molar-refractivity contribution is -0.779. The fourth-order valence-corrected chi connectivity index (χ4v) is 2.29. The van der Waals surface area contributed by atoms with Crippen molar-refractivity contribution in [1.29, 1.82) is 0 Å². The molecule has 2 N–H and O–H groups in total. The molecule has 0 aliphatic rings. The molecular weight excluding hydrogens is 375 g/mol. The topological polar surface area (TPSA) is 101 Å². The van der Waals surface area contributed by atoms with Crippen LogP contribution in [-0.2, 0) is 31.9 Å². The number of aromatic nitrogens is 4. The van der Waals surface area contributed by atoms with Gasteiger partial charge in [0.25, 0.3) is 0 Å². The maximum atomic E-state index is 10.9. The zero-order valence-corrected chi connectivity index (χ0v) is 15.3. The van der Waals surface area contributed by atoms with Crippen molar-refractivity contribution in [1.82, 2.24) is 9.36 Å². The van der Waals surface area contributed by atoms with Crippen LogP contribution in [0.5, 0.6) is 0 Å². The number of rotatable bonds is 8. The summed E-state index contributed by atoms with van der Waals surface area (Å²) in [4.78, 5) is 21.9. The summed E-state index contributed by atoms with van der Waals surface area (Å²) in [5.74, 6) is -1.94. The van der Waals surface area contributed by atoms with Gasteiger partial charge in [0.05, 0.1) is 14.1 Å². The smallest absolute Gasteiger partial charge is 0.358 e. The maximum Gasteiger partial charge on any atom is 0.358 e. The maximum absolute atomic E-state index is 10.9. The predicted molar refractivity (Wildman–Crippen MR) is 76.0 cm³/mol. The van der Waals surface area contributed by atoms with Crippen molar-refractivity contribution >= 4 is 11.9 Å². The van der Waals surface area contributed by atoms with Gasteiger partial charge in [0, 0.05) is 12.1 Å². The molecule has 0 saturated carbocycles. The van der Waals surface area contributed by atoms with Crippen LogP contribution in [0.3, 0.4) is 0 Å². The Morgan fingerprint density at radius 3 is 1.56 bits per heavy atom. The summed E-state index contributed by atoms with van der Waals surface area (Å²) < 4.78 is 12.1. The second kappa shape index (κ2) is 10.0. The second-order valence-corrected chi connectivity index (χ2v) is 5.00. The monoisotopic (exact) mass is 394 g/mol. The molecule has 0 aromatic carbocycles. The van der Waals surface area contributed by atoms with Gasteiger partial charge in [-0.25, -0.2) is 9.59 Å². The summed E-state index contributed by atoms with van der Waals surface area (Å²) in [5.41, 5.74) is 0.427. The van der Waals surface area contributed by atoms with Gasteiger partial charge < -0.3 is 39.8 Å². The minimum absolute atomic E-state index is 0. The molecule has 0 aliphatic heterocycles. The third-order valence-electron chi connectivity index (χ3n) is 3.64. The summed E-state index contributed by atoms with van der Waals surface area (Å²) in [6.45, 7) is 1.92. The number of ether oxygens (including phenoxy) is 1. The van der Waals surface area contributed by atoms with Crippen molar-refractivity contribution in [3.63, 3.8) is 0 Å². The van der Waals surface area contributed by atoms with Gasteiger partial charge in [-0.15, -0.1) is 18.7 Å². The molecule has 140 valence electrons. The van der Waals surface area contributed by atoms with E-state index in [9.17, 15) is 9.59 Å². The number of halogens is 2. The van der Waals surface area contributed by atoms with Crippen molar-refractivity contribution < 1.29 is 58.7 Å². The lowest BCUT2D eigenvalue weighted by atomic mass is 10.4. The lowest BCUT2D eigenvalue weighted by Crippen LogP contribution is -3.00. The van der Waals surface area contributed by atoms with Crippen molar-refractivity contribution in [2.24, 2.45) is 14.1 Å². The molecule has 2 aromatic heterocycles. The molecular formula is C14H20Cl2N4O5. The first-order chi connectivity index (χ1) is 10.9. The summed E-state index contributed by atoms with van der Waals surface area (Å²) >= 11 is 0. The Morgan fingerprint density at radius 2 is 1.28 bits per heavy atom. The first kappa shape index (κ1) is 22.9. The minimum Gasteiger partial charge on any atom is -1.00 e. The number of nitrogens with zero attached hydrogens (tertiary/aromatic N) is 4. The molecule has 2 aromatic rings. The average Bonchev–Trinajstić information content (AvgIpc) is 3.03. The summed E-state index contributed by atoms with van der Waals surface area (Å²) in [6, 6.07) is 3.07. The van der Waals surface area contributed by atoms with E-state index in [1.807, 2.05) is 0 Å². The average molecular weight is 395 g/mol. The Kier molecular flexibility index (Phi) is 9.18. The fourth-order valence-electron chi connectivity index (χ4n) is 2.29. The van der Waals surface area contributed by atoms with E-state index in [4.69, 9.17) is 14.9 Å². The van der Waals surface area contributed by atoms with Crippen LogP contribution in [0.2, 0.25) is 0 Å². The first-order valence-electron chi connectivity index (χ1n) is 7.07. The van der Waals surface area contributed by atoms with Crippen LogP contribution >= 0.6 is 0 Å². The van der Waals surface area contributed by atoms with Crippen molar-refractivity contribution in [3.8, 4) is 0 Å². The van der Waals surface area contributed by atoms with Gasteiger partial charge in [0.15, 0.2) is 36.9 Å². The molecule has 11 heteroatoms. The molecule has 2 rings (SSSR count). The molecule has 0 fully saturated rings. The van der Waals surface area contributed by atoms with Crippen molar-refractivity contribution in [2.75, 3.05) is 13.2 Å². The first-order valence-corrected chi connectivity index (χ1v) is 7.07. The summed E-state index contributed by atoms with van der Waals surface area (Å²) in [6.07, 6.45) is 3.38. The third kappa shape index (κ3) is 5.45. The Bertz CT molecular complexity index is 669. The van der Waals surface area contributed by atoms with Crippen molar-refractivity contribution in [2.45, 2.75) is 13.1 Å². The van der Waals surface area contributed by atoms with Gasteiger partial charge in [-0.3, -0.25) is 0 Å². The highest BCUT2D eigenvalue weighted by Gasteiger charge is 2.18. The van der Waals surface area contributed by atoms with Crippen LogP contribution in [0, 0.1) is 0 Å². The van der Waals surface area contributed by atoms with E-state index in [0.29, 0.717) is 26.3 Å². The number of carbonyl (C=O) groups is 2. The van der Waals surface area contributed by atoms with Crippen LogP contribution in [0.25, 0.3) is 0 Å². The SMILES string of the molecule is Cn1c(C(=O)O)cc[n+]1CCOCC[n+]1ccc(C(=O)O)n1C.[Cl-].[Cl-]. The molecule has 9 nitrogen and oxygen atoms in total. The van der Waals surface area contributed by atoms with Gasteiger partial charge in [0.2, 0.25) is 0 Å². The molecule has 0 radical (unpaired) electrons. The third-order valence-corrected chi connectivity index (χ3v) is 3.64. The Morgan fingerprint density at radius 1 is 0.920 bits per heavy atom. The highest BCUT2D eigenvalue weighted by molar-refractivity contribution is 5.85. The molecule has 0 aliphatic carbocycles. The van der Waals surface area contributed by atoms with Gasteiger partial charge in [0.1, 0.15) is 13.2 Å². The zero-order valence-electron chi connectivity index (χ0n) is 13.8. The zero-order chi connectivity index (χ0) is 17.0. The van der Waals surface area contributed by atoms with Crippen LogP contribution in [-0.4, -0.2) is 44.7 Å². The molecule has 0 saturated heterocycles. The number of hydrogen-bond donors (Lipinski definition) is 2. The molecule has 25 heavy (non-hydrogen) atoms. The van der Waals surface area contributed by atoms with E-state index < -0.39 is 11.9 Å². The van der Waals surface area contributed by atoms with Crippen LogP contribution in [0.4, 0.5) is 0 Å². The Balaban J connectivity index is 0.00000288. The van der Waals surface area contributed by atoms with E-state index in [1.54, 1.807) is 45.2 Å². The van der Waals surface area contributed by atoms with Crippen LogP contribution in [0.1, 0.15) is 21.0 Å². The molecule has 2 heterocycles. The minimum atomic E-state index is -0.971. The normalized spacial score (nSPS) is 10.0. The molecule has 0 spiro atoms. The largest absolute Gasteiger partial charge is 1.00 e. The fraction of sp³-hybridized carbons (Fsp3) is 0.429. The van der Waals surface area contributed by atoms with Crippen molar-refractivity contribution in [3.05, 3.63) is 35.9 Å². The second-order valence-electron chi connectivity index (χ2n) is 5.00. The summed E-state index contributed by atoms with van der Waals surface area (Å²) in [5, 5.41) is 17.9. The lowest BCUT2D eigenvalue weighted by Gasteiger charge is -2.02. The summed E-state index contributed by atoms with van der Waals surface area (Å²) in [7, 11) is 3.35. The number of aromatic carboxylic acids is 2. The van der Waals surface area contributed by atoms with E-state index in [-0.39, 0.29) is 36.2 Å².